The Hall–Kier alpha value is -1.65. The maximum Gasteiger partial charge on any atom is 0.333 e. The van der Waals surface area contributed by atoms with Crippen LogP contribution in [0.15, 0.2) is 43.0 Å². The van der Waals surface area contributed by atoms with Gasteiger partial charge in [-0.3, -0.25) is 5.32 Å². The molecule has 0 spiro atoms. The summed E-state index contributed by atoms with van der Waals surface area (Å²) in [6.07, 6.45) is 1.69. The van der Waals surface area contributed by atoms with Crippen molar-refractivity contribution in [3.63, 3.8) is 0 Å². The molecule has 0 aromatic heterocycles. The van der Waals surface area contributed by atoms with E-state index in [0.29, 0.717) is 6.54 Å². The van der Waals surface area contributed by atoms with Crippen molar-refractivity contribution in [2.24, 2.45) is 0 Å². The monoisotopic (exact) mass is 249 g/mol. The van der Waals surface area contributed by atoms with Gasteiger partial charge in [-0.15, -0.1) is 6.58 Å². The first-order valence-electron chi connectivity index (χ1n) is 5.70. The molecule has 1 N–H and O–H groups in total. The summed E-state index contributed by atoms with van der Waals surface area (Å²) in [6, 6.07) is 9.38. The number of hydrogen-bond acceptors (Lipinski definition) is 4. The quantitative estimate of drug-likeness (QED) is 0.587. The van der Waals surface area contributed by atoms with Crippen LogP contribution in [0.4, 0.5) is 0 Å². The van der Waals surface area contributed by atoms with Crippen LogP contribution in [0, 0.1) is 0 Å². The highest BCUT2D eigenvalue weighted by Crippen LogP contribution is 2.23. The van der Waals surface area contributed by atoms with E-state index in [1.807, 2.05) is 30.3 Å². The van der Waals surface area contributed by atoms with Crippen molar-refractivity contribution in [1.82, 2.24) is 5.32 Å². The van der Waals surface area contributed by atoms with E-state index in [0.717, 1.165) is 5.56 Å². The molecule has 0 fully saturated rings. The minimum Gasteiger partial charge on any atom is -0.467 e. The molecule has 0 aliphatic rings. The van der Waals surface area contributed by atoms with Gasteiger partial charge in [0.15, 0.2) is 5.54 Å². The fourth-order valence-electron chi connectivity index (χ4n) is 1.85. The largest absolute Gasteiger partial charge is 0.467 e. The number of carbonyl (C=O) groups is 1. The van der Waals surface area contributed by atoms with Gasteiger partial charge in [-0.2, -0.15) is 0 Å². The van der Waals surface area contributed by atoms with Crippen LogP contribution in [-0.4, -0.2) is 33.3 Å². The van der Waals surface area contributed by atoms with Gasteiger partial charge in [0.25, 0.3) is 0 Å². The Morgan fingerprint density at radius 2 is 2.06 bits per heavy atom. The molecule has 98 valence electrons. The first-order chi connectivity index (χ1) is 8.71. The van der Waals surface area contributed by atoms with Crippen molar-refractivity contribution in [1.29, 1.82) is 0 Å². The fourth-order valence-corrected chi connectivity index (χ4v) is 1.85. The predicted octanol–water partition coefficient (Wildman–Crippen LogP) is 1.48. The molecule has 1 aromatic rings. The van der Waals surface area contributed by atoms with Gasteiger partial charge in [-0.05, 0) is 5.56 Å². The normalized spacial score (nSPS) is 13.7. The number of benzene rings is 1. The number of hydrogen-bond donors (Lipinski definition) is 1. The summed E-state index contributed by atoms with van der Waals surface area (Å²) in [6.45, 7) is 4.32. The number of esters is 1. The highest BCUT2D eigenvalue weighted by atomic mass is 16.5. The molecule has 1 unspecified atom stereocenters. The van der Waals surface area contributed by atoms with E-state index in [1.54, 1.807) is 13.2 Å². The van der Waals surface area contributed by atoms with Gasteiger partial charge < -0.3 is 9.47 Å². The van der Waals surface area contributed by atoms with Gasteiger partial charge in [0.05, 0.1) is 13.7 Å². The Labute approximate surface area is 108 Å². The van der Waals surface area contributed by atoms with Crippen molar-refractivity contribution in [2.45, 2.75) is 5.54 Å². The second-order valence-corrected chi connectivity index (χ2v) is 3.87. The van der Waals surface area contributed by atoms with Gasteiger partial charge in [-0.1, -0.05) is 36.4 Å². The van der Waals surface area contributed by atoms with Crippen LogP contribution in [-0.2, 0) is 19.8 Å². The minimum absolute atomic E-state index is 0.192. The van der Waals surface area contributed by atoms with Gasteiger partial charge in [0, 0.05) is 13.7 Å². The molecular formula is C14H19NO3. The predicted molar refractivity (Wildman–Crippen MR) is 70.2 cm³/mol. The maximum absolute atomic E-state index is 12.1. The Balaban J connectivity index is 3.18. The van der Waals surface area contributed by atoms with E-state index >= 15 is 0 Å². The zero-order valence-electron chi connectivity index (χ0n) is 10.8. The standard InChI is InChI=1S/C14H19NO3/c1-4-10-15-14(11-17-2,13(16)18-3)12-8-6-5-7-9-12/h4-9,15H,1,10-11H2,2-3H3. The number of rotatable bonds is 7. The SMILES string of the molecule is C=CCNC(COC)(C(=O)OC)c1ccccc1. The van der Waals surface area contributed by atoms with Crippen LogP contribution < -0.4 is 5.32 Å². The van der Waals surface area contributed by atoms with Crippen molar-refractivity contribution < 1.29 is 14.3 Å². The summed E-state index contributed by atoms with van der Waals surface area (Å²) in [5.74, 6) is -0.377. The van der Waals surface area contributed by atoms with E-state index in [9.17, 15) is 4.79 Å². The lowest BCUT2D eigenvalue weighted by atomic mass is 9.90. The maximum atomic E-state index is 12.1. The third-order valence-corrected chi connectivity index (χ3v) is 2.71. The highest BCUT2D eigenvalue weighted by molar-refractivity contribution is 5.82. The van der Waals surface area contributed by atoms with Crippen LogP contribution in [0.1, 0.15) is 5.56 Å². The molecule has 1 rings (SSSR count). The number of nitrogens with one attached hydrogen (secondary N) is 1. The molecule has 0 radical (unpaired) electrons. The first-order valence-corrected chi connectivity index (χ1v) is 5.70. The van der Waals surface area contributed by atoms with E-state index < -0.39 is 5.54 Å². The van der Waals surface area contributed by atoms with Crippen LogP contribution in [0.25, 0.3) is 0 Å². The molecule has 0 heterocycles. The third-order valence-electron chi connectivity index (χ3n) is 2.71. The second kappa shape index (κ2) is 6.93. The molecular weight excluding hydrogens is 230 g/mol. The summed E-state index contributed by atoms with van der Waals surface area (Å²) < 4.78 is 10.1. The lowest BCUT2D eigenvalue weighted by Crippen LogP contribution is -2.53. The number of carbonyl (C=O) groups excluding carboxylic acids is 1. The fraction of sp³-hybridized carbons (Fsp3) is 0.357. The van der Waals surface area contributed by atoms with Gasteiger partial charge in [0.1, 0.15) is 0 Å². The highest BCUT2D eigenvalue weighted by Gasteiger charge is 2.40. The second-order valence-electron chi connectivity index (χ2n) is 3.87. The lowest BCUT2D eigenvalue weighted by molar-refractivity contribution is -0.151. The number of methoxy groups -OCH3 is 2. The topological polar surface area (TPSA) is 47.6 Å². The van der Waals surface area contributed by atoms with E-state index in [1.165, 1.54) is 7.11 Å². The Morgan fingerprint density at radius 3 is 2.56 bits per heavy atom. The van der Waals surface area contributed by atoms with Crippen LogP contribution in [0.5, 0.6) is 0 Å². The third kappa shape index (κ3) is 2.97. The molecule has 1 atom stereocenters. The summed E-state index contributed by atoms with van der Waals surface area (Å²) in [5.41, 5.74) is -0.195. The van der Waals surface area contributed by atoms with Crippen molar-refractivity contribution in [2.75, 3.05) is 27.4 Å². The van der Waals surface area contributed by atoms with E-state index in [-0.39, 0.29) is 12.6 Å². The molecule has 0 aliphatic heterocycles. The molecule has 0 amide bonds. The Bertz CT molecular complexity index is 391. The van der Waals surface area contributed by atoms with Crippen LogP contribution in [0.2, 0.25) is 0 Å². The summed E-state index contributed by atoms with van der Waals surface area (Å²) >= 11 is 0. The van der Waals surface area contributed by atoms with Gasteiger partial charge >= 0.3 is 5.97 Å². The Morgan fingerprint density at radius 1 is 1.39 bits per heavy atom. The van der Waals surface area contributed by atoms with Crippen molar-refractivity contribution in [3.8, 4) is 0 Å². The summed E-state index contributed by atoms with van der Waals surface area (Å²) in [7, 11) is 2.92. The lowest BCUT2D eigenvalue weighted by Gasteiger charge is -2.31. The van der Waals surface area contributed by atoms with Crippen LogP contribution in [0.3, 0.4) is 0 Å². The summed E-state index contributed by atoms with van der Waals surface area (Å²) in [5, 5.41) is 3.13. The van der Waals surface area contributed by atoms with Gasteiger partial charge in [-0.25, -0.2) is 4.79 Å². The Kier molecular flexibility index (Phi) is 5.55. The zero-order valence-corrected chi connectivity index (χ0v) is 10.8. The molecule has 0 saturated carbocycles. The summed E-state index contributed by atoms with van der Waals surface area (Å²) in [4.78, 5) is 12.1. The van der Waals surface area contributed by atoms with Crippen molar-refractivity contribution >= 4 is 5.97 Å². The zero-order chi connectivity index (χ0) is 13.4. The smallest absolute Gasteiger partial charge is 0.333 e. The average molecular weight is 249 g/mol. The van der Waals surface area contributed by atoms with E-state index in [2.05, 4.69) is 11.9 Å². The average Bonchev–Trinajstić information content (AvgIpc) is 2.43. The van der Waals surface area contributed by atoms with Crippen molar-refractivity contribution in [3.05, 3.63) is 48.6 Å². The molecule has 0 aliphatic carbocycles. The van der Waals surface area contributed by atoms with E-state index in [4.69, 9.17) is 9.47 Å². The first kappa shape index (κ1) is 14.4. The minimum atomic E-state index is -1.00. The molecule has 1 aromatic carbocycles. The number of ether oxygens (including phenoxy) is 2. The molecule has 4 heteroatoms. The molecule has 0 bridgehead atoms. The van der Waals surface area contributed by atoms with Gasteiger partial charge in [0.2, 0.25) is 0 Å². The molecule has 18 heavy (non-hydrogen) atoms. The molecule has 4 nitrogen and oxygen atoms in total. The van der Waals surface area contributed by atoms with Crippen LogP contribution >= 0.6 is 0 Å². The molecule has 0 saturated heterocycles.